The van der Waals surface area contributed by atoms with E-state index in [2.05, 4.69) is 10.3 Å². The van der Waals surface area contributed by atoms with Gasteiger partial charge in [-0.3, -0.25) is 4.79 Å². The van der Waals surface area contributed by atoms with Gasteiger partial charge in [-0.25, -0.2) is 0 Å². The van der Waals surface area contributed by atoms with Crippen LogP contribution in [0.4, 0.5) is 0 Å². The fourth-order valence-corrected chi connectivity index (χ4v) is 1.76. The molecule has 84 valence electrons. The molecule has 1 heterocycles. The van der Waals surface area contributed by atoms with Crippen LogP contribution in [0.3, 0.4) is 0 Å². The zero-order valence-corrected chi connectivity index (χ0v) is 9.63. The molecule has 0 bridgehead atoms. The molecular formula is C13H16N2O. The lowest BCUT2D eigenvalue weighted by atomic mass is 10.1. The number of fused-ring (bicyclic) bond motifs is 1. The lowest BCUT2D eigenvalue weighted by molar-refractivity contribution is 0.0949. The summed E-state index contributed by atoms with van der Waals surface area (Å²) < 4.78 is 0. The molecule has 0 unspecified atom stereocenters. The summed E-state index contributed by atoms with van der Waals surface area (Å²) >= 11 is 0. The fourth-order valence-electron chi connectivity index (χ4n) is 1.76. The molecule has 0 radical (unpaired) electrons. The molecule has 2 rings (SSSR count). The van der Waals surface area contributed by atoms with E-state index in [9.17, 15) is 4.79 Å². The van der Waals surface area contributed by atoms with Crippen LogP contribution in [0.5, 0.6) is 0 Å². The third kappa shape index (κ3) is 1.94. The molecule has 0 aliphatic heterocycles. The van der Waals surface area contributed by atoms with Crippen molar-refractivity contribution in [2.24, 2.45) is 0 Å². The van der Waals surface area contributed by atoms with Gasteiger partial charge in [-0.1, -0.05) is 19.1 Å². The van der Waals surface area contributed by atoms with Gasteiger partial charge in [0.1, 0.15) is 5.69 Å². The maximum absolute atomic E-state index is 11.7. The van der Waals surface area contributed by atoms with Crippen LogP contribution >= 0.6 is 0 Å². The molecule has 1 aromatic heterocycles. The van der Waals surface area contributed by atoms with Crippen LogP contribution in [0.25, 0.3) is 10.9 Å². The van der Waals surface area contributed by atoms with Crippen molar-refractivity contribution in [1.29, 1.82) is 0 Å². The topological polar surface area (TPSA) is 44.9 Å². The van der Waals surface area contributed by atoms with Gasteiger partial charge < -0.3 is 10.3 Å². The largest absolute Gasteiger partial charge is 0.351 e. The zero-order chi connectivity index (χ0) is 11.5. The summed E-state index contributed by atoms with van der Waals surface area (Å²) in [4.78, 5) is 14.9. The Labute approximate surface area is 94.9 Å². The van der Waals surface area contributed by atoms with Gasteiger partial charge in [0.2, 0.25) is 0 Å². The number of aryl methyl sites for hydroxylation is 1. The first-order chi connectivity index (χ1) is 7.72. The Hall–Kier alpha value is -1.77. The normalized spacial score (nSPS) is 10.6. The molecule has 2 N–H and O–H groups in total. The molecule has 3 heteroatoms. The van der Waals surface area contributed by atoms with Crippen LogP contribution in [0.1, 0.15) is 29.4 Å². The highest BCUT2D eigenvalue weighted by Crippen LogP contribution is 2.18. The number of H-pyrrole nitrogens is 1. The highest BCUT2D eigenvalue weighted by atomic mass is 16.1. The number of carbonyl (C=O) groups is 1. The minimum Gasteiger partial charge on any atom is -0.351 e. The summed E-state index contributed by atoms with van der Waals surface area (Å²) in [5.74, 6) is -0.0301. The minimum atomic E-state index is -0.0301. The van der Waals surface area contributed by atoms with Gasteiger partial charge in [-0.05, 0) is 31.0 Å². The number of rotatable bonds is 3. The van der Waals surface area contributed by atoms with E-state index in [4.69, 9.17) is 0 Å². The third-order valence-electron chi connectivity index (χ3n) is 2.66. The Balaban J connectivity index is 2.32. The van der Waals surface area contributed by atoms with Crippen molar-refractivity contribution in [1.82, 2.24) is 10.3 Å². The smallest absolute Gasteiger partial charge is 0.267 e. The Kier molecular flexibility index (Phi) is 2.95. The maximum Gasteiger partial charge on any atom is 0.267 e. The van der Waals surface area contributed by atoms with Gasteiger partial charge >= 0.3 is 0 Å². The van der Waals surface area contributed by atoms with Crippen molar-refractivity contribution in [3.05, 3.63) is 35.5 Å². The number of benzene rings is 1. The minimum absolute atomic E-state index is 0.0301. The molecule has 0 saturated heterocycles. The first-order valence-corrected chi connectivity index (χ1v) is 5.59. The maximum atomic E-state index is 11.7. The van der Waals surface area contributed by atoms with Gasteiger partial charge in [-0.2, -0.15) is 0 Å². The Morgan fingerprint density at radius 3 is 2.94 bits per heavy atom. The molecule has 1 amide bonds. The Bertz CT molecular complexity index is 514. The van der Waals surface area contributed by atoms with Crippen molar-refractivity contribution in [2.45, 2.75) is 20.3 Å². The van der Waals surface area contributed by atoms with Crippen LogP contribution in [0.15, 0.2) is 24.3 Å². The van der Waals surface area contributed by atoms with Crippen LogP contribution in [-0.2, 0) is 0 Å². The second-order valence-corrected chi connectivity index (χ2v) is 3.98. The fraction of sp³-hybridized carbons (Fsp3) is 0.308. The van der Waals surface area contributed by atoms with E-state index in [1.54, 1.807) is 0 Å². The summed E-state index contributed by atoms with van der Waals surface area (Å²) in [5, 5.41) is 3.97. The van der Waals surface area contributed by atoms with Gasteiger partial charge in [0, 0.05) is 17.4 Å². The van der Waals surface area contributed by atoms with E-state index in [1.165, 1.54) is 5.56 Å². The monoisotopic (exact) mass is 216 g/mol. The van der Waals surface area contributed by atoms with E-state index in [1.807, 2.05) is 38.1 Å². The molecule has 0 aliphatic rings. The summed E-state index contributed by atoms with van der Waals surface area (Å²) in [6.07, 6.45) is 0.949. The van der Waals surface area contributed by atoms with Crippen LogP contribution in [-0.4, -0.2) is 17.4 Å². The molecule has 16 heavy (non-hydrogen) atoms. The summed E-state index contributed by atoms with van der Waals surface area (Å²) in [6.45, 7) is 4.80. The molecule has 0 fully saturated rings. The van der Waals surface area contributed by atoms with Gasteiger partial charge in [0.05, 0.1) is 0 Å². The molecule has 0 atom stereocenters. The highest BCUT2D eigenvalue weighted by molar-refractivity contribution is 5.98. The number of hydrogen-bond donors (Lipinski definition) is 2. The lowest BCUT2D eigenvalue weighted by Crippen LogP contribution is -2.24. The number of amides is 1. The van der Waals surface area contributed by atoms with E-state index >= 15 is 0 Å². The Morgan fingerprint density at radius 1 is 1.44 bits per heavy atom. The van der Waals surface area contributed by atoms with Crippen LogP contribution in [0.2, 0.25) is 0 Å². The molecule has 3 nitrogen and oxygen atoms in total. The number of hydrogen-bond acceptors (Lipinski definition) is 1. The van der Waals surface area contributed by atoms with Crippen molar-refractivity contribution in [2.75, 3.05) is 6.54 Å². The van der Waals surface area contributed by atoms with Crippen molar-refractivity contribution < 1.29 is 4.79 Å². The van der Waals surface area contributed by atoms with E-state index in [0.717, 1.165) is 17.3 Å². The molecule has 0 spiro atoms. The Morgan fingerprint density at radius 2 is 2.25 bits per heavy atom. The third-order valence-corrected chi connectivity index (χ3v) is 2.66. The average Bonchev–Trinajstić information content (AvgIpc) is 2.71. The summed E-state index contributed by atoms with van der Waals surface area (Å²) in [7, 11) is 0. The van der Waals surface area contributed by atoms with Gasteiger partial charge in [-0.15, -0.1) is 0 Å². The van der Waals surface area contributed by atoms with Crippen LogP contribution < -0.4 is 5.32 Å². The quantitative estimate of drug-likeness (QED) is 0.813. The molecule has 0 saturated carbocycles. The average molecular weight is 216 g/mol. The molecule has 0 aliphatic carbocycles. The molecule has 1 aromatic carbocycles. The van der Waals surface area contributed by atoms with Crippen molar-refractivity contribution in [3.63, 3.8) is 0 Å². The van der Waals surface area contributed by atoms with Crippen molar-refractivity contribution in [3.8, 4) is 0 Å². The van der Waals surface area contributed by atoms with E-state index < -0.39 is 0 Å². The molecular weight excluding hydrogens is 200 g/mol. The molecule has 2 aromatic rings. The first-order valence-electron chi connectivity index (χ1n) is 5.59. The van der Waals surface area contributed by atoms with E-state index in [0.29, 0.717) is 12.2 Å². The standard InChI is InChI=1S/C13H16N2O/c1-3-7-14-13(16)12-8-10-9(2)5-4-6-11(10)15-12/h4-6,8,15H,3,7H2,1-2H3,(H,14,16). The summed E-state index contributed by atoms with van der Waals surface area (Å²) in [5.41, 5.74) is 2.84. The van der Waals surface area contributed by atoms with Crippen molar-refractivity contribution >= 4 is 16.8 Å². The lowest BCUT2D eigenvalue weighted by Gasteiger charge is -1.99. The van der Waals surface area contributed by atoms with Gasteiger partial charge in [0.15, 0.2) is 0 Å². The zero-order valence-electron chi connectivity index (χ0n) is 9.63. The number of carbonyl (C=O) groups excluding carboxylic acids is 1. The SMILES string of the molecule is CCCNC(=O)c1cc2c(C)cccc2[nH]1. The number of aromatic amines is 1. The van der Waals surface area contributed by atoms with E-state index in [-0.39, 0.29) is 5.91 Å². The second-order valence-electron chi connectivity index (χ2n) is 3.98. The van der Waals surface area contributed by atoms with Crippen LogP contribution in [0, 0.1) is 6.92 Å². The highest BCUT2D eigenvalue weighted by Gasteiger charge is 2.09. The first kappa shape index (κ1) is 10.7. The predicted octanol–water partition coefficient (Wildman–Crippen LogP) is 2.62. The number of aromatic nitrogens is 1. The number of nitrogens with one attached hydrogen (secondary N) is 2. The predicted molar refractivity (Wildman–Crippen MR) is 65.7 cm³/mol. The second kappa shape index (κ2) is 4.39. The van der Waals surface area contributed by atoms with Gasteiger partial charge in [0.25, 0.3) is 5.91 Å². The summed E-state index contributed by atoms with van der Waals surface area (Å²) in [6, 6.07) is 7.93.